The molecule has 0 atom stereocenters. The molecule has 82 valence electrons. The van der Waals surface area contributed by atoms with Crippen molar-refractivity contribution in [2.24, 2.45) is 7.05 Å². The Morgan fingerprint density at radius 2 is 2.19 bits per heavy atom. The molecule has 0 spiro atoms. The third kappa shape index (κ3) is 1.82. The highest BCUT2D eigenvalue weighted by atomic mass is 15.2. The zero-order chi connectivity index (χ0) is 11.5. The van der Waals surface area contributed by atoms with Crippen LogP contribution < -0.4 is 5.32 Å². The Kier molecular flexibility index (Phi) is 2.72. The van der Waals surface area contributed by atoms with Crippen LogP contribution in [0.2, 0.25) is 0 Å². The fraction of sp³-hybridized carbons (Fsp3) is 0.167. The number of aromatic nitrogens is 3. The molecule has 0 saturated heterocycles. The Bertz CT molecular complexity index is 513. The highest BCUT2D eigenvalue weighted by molar-refractivity contribution is 5.71. The molecule has 0 aliphatic heterocycles. The van der Waals surface area contributed by atoms with Crippen molar-refractivity contribution >= 4 is 11.8 Å². The van der Waals surface area contributed by atoms with E-state index in [4.69, 9.17) is 0 Å². The van der Waals surface area contributed by atoms with Gasteiger partial charge in [0.2, 0.25) is 0 Å². The van der Waals surface area contributed by atoms with Crippen molar-refractivity contribution in [1.82, 2.24) is 14.8 Å². The number of hydrogen-bond donors (Lipinski definition) is 1. The van der Waals surface area contributed by atoms with Gasteiger partial charge in [0.1, 0.15) is 0 Å². The first kappa shape index (κ1) is 10.4. The first-order valence-corrected chi connectivity index (χ1v) is 5.04. The number of nitrogens with zero attached hydrogens (tertiary/aromatic N) is 3. The van der Waals surface area contributed by atoms with Gasteiger partial charge in [0.25, 0.3) is 0 Å². The molecule has 2 heterocycles. The van der Waals surface area contributed by atoms with Crippen LogP contribution in [0.15, 0.2) is 31.2 Å². The summed E-state index contributed by atoms with van der Waals surface area (Å²) in [4.78, 5) is 4.34. The molecule has 0 aromatic carbocycles. The molecule has 0 aliphatic rings. The first-order chi connectivity index (χ1) is 7.74. The molecule has 0 fully saturated rings. The lowest BCUT2D eigenvalue weighted by atomic mass is 10.1. The quantitative estimate of drug-likeness (QED) is 0.851. The Morgan fingerprint density at radius 1 is 1.38 bits per heavy atom. The second-order valence-electron chi connectivity index (χ2n) is 3.51. The van der Waals surface area contributed by atoms with Crippen LogP contribution in [0.3, 0.4) is 0 Å². The summed E-state index contributed by atoms with van der Waals surface area (Å²) in [6.07, 6.45) is 7.35. The largest absolute Gasteiger partial charge is 0.386 e. The maximum atomic E-state index is 4.34. The van der Waals surface area contributed by atoms with Crippen molar-refractivity contribution in [2.75, 3.05) is 12.4 Å². The summed E-state index contributed by atoms with van der Waals surface area (Å²) in [5.41, 5.74) is 3.93. The van der Waals surface area contributed by atoms with Gasteiger partial charge in [-0.05, 0) is 12.1 Å². The Labute approximate surface area is 94.6 Å². The number of rotatable bonds is 3. The summed E-state index contributed by atoms with van der Waals surface area (Å²) >= 11 is 0. The van der Waals surface area contributed by atoms with E-state index >= 15 is 0 Å². The molecule has 4 heteroatoms. The van der Waals surface area contributed by atoms with Gasteiger partial charge in [-0.1, -0.05) is 6.58 Å². The molecule has 2 rings (SSSR count). The molecule has 2 aromatic rings. The van der Waals surface area contributed by atoms with E-state index in [0.717, 1.165) is 22.5 Å². The molecule has 0 unspecified atom stereocenters. The summed E-state index contributed by atoms with van der Waals surface area (Å²) in [6, 6.07) is 2.04. The van der Waals surface area contributed by atoms with E-state index in [2.05, 4.69) is 22.0 Å². The van der Waals surface area contributed by atoms with E-state index in [-0.39, 0.29) is 0 Å². The van der Waals surface area contributed by atoms with Crippen LogP contribution >= 0.6 is 0 Å². The van der Waals surface area contributed by atoms with Gasteiger partial charge in [-0.2, -0.15) is 5.10 Å². The number of hydrogen-bond acceptors (Lipinski definition) is 3. The van der Waals surface area contributed by atoms with E-state index < -0.39 is 0 Å². The first-order valence-electron chi connectivity index (χ1n) is 5.04. The molecule has 0 aliphatic carbocycles. The lowest BCUT2D eigenvalue weighted by Crippen LogP contribution is -1.94. The minimum Gasteiger partial charge on any atom is -0.386 e. The van der Waals surface area contributed by atoms with Crippen LogP contribution in [-0.2, 0) is 7.05 Å². The predicted molar refractivity (Wildman–Crippen MR) is 66.1 cm³/mol. The molecule has 4 nitrogen and oxygen atoms in total. The molecule has 0 saturated carbocycles. The van der Waals surface area contributed by atoms with Crippen LogP contribution in [0, 0.1) is 0 Å². The SMILES string of the molecule is C=Cc1ncc(-c2cnn(C)c2)cc1NC. The van der Waals surface area contributed by atoms with Crippen LogP contribution in [0.25, 0.3) is 17.2 Å². The van der Waals surface area contributed by atoms with Gasteiger partial charge >= 0.3 is 0 Å². The standard InChI is InChI=1S/C12H14N4/c1-4-11-12(13-2)5-9(6-14-11)10-7-15-16(3)8-10/h4-8,13H,1H2,2-3H3. The van der Waals surface area contributed by atoms with Crippen molar-refractivity contribution in [3.8, 4) is 11.1 Å². The summed E-state index contributed by atoms with van der Waals surface area (Å²) in [5, 5.41) is 7.24. The highest BCUT2D eigenvalue weighted by Gasteiger charge is 2.04. The molecule has 1 N–H and O–H groups in total. The number of anilines is 1. The van der Waals surface area contributed by atoms with Gasteiger partial charge in [-0.25, -0.2) is 0 Å². The molecule has 2 aromatic heterocycles. The van der Waals surface area contributed by atoms with Crippen molar-refractivity contribution in [3.05, 3.63) is 36.9 Å². The number of pyridine rings is 1. The third-order valence-electron chi connectivity index (χ3n) is 2.42. The van der Waals surface area contributed by atoms with Gasteiger partial charge in [0, 0.05) is 37.6 Å². The van der Waals surface area contributed by atoms with E-state index in [1.807, 2.05) is 38.8 Å². The third-order valence-corrected chi connectivity index (χ3v) is 2.42. The van der Waals surface area contributed by atoms with Crippen LogP contribution in [0.4, 0.5) is 5.69 Å². The van der Waals surface area contributed by atoms with Gasteiger partial charge in [0.05, 0.1) is 17.6 Å². The lowest BCUT2D eigenvalue weighted by Gasteiger charge is -2.06. The summed E-state index contributed by atoms with van der Waals surface area (Å²) < 4.78 is 1.77. The Hall–Kier alpha value is -2.10. The van der Waals surface area contributed by atoms with Crippen LogP contribution in [-0.4, -0.2) is 21.8 Å². The Balaban J connectivity index is 2.47. The number of aryl methyl sites for hydroxylation is 1. The van der Waals surface area contributed by atoms with Crippen molar-refractivity contribution < 1.29 is 0 Å². The average Bonchev–Trinajstić information content (AvgIpc) is 2.75. The summed E-state index contributed by atoms with van der Waals surface area (Å²) in [7, 11) is 3.77. The average molecular weight is 214 g/mol. The fourth-order valence-electron chi connectivity index (χ4n) is 1.57. The molecular weight excluding hydrogens is 200 g/mol. The second kappa shape index (κ2) is 4.18. The molecule has 0 bridgehead atoms. The van der Waals surface area contributed by atoms with E-state index in [1.165, 1.54) is 0 Å². The Morgan fingerprint density at radius 3 is 2.75 bits per heavy atom. The van der Waals surface area contributed by atoms with Crippen molar-refractivity contribution in [3.63, 3.8) is 0 Å². The van der Waals surface area contributed by atoms with Crippen molar-refractivity contribution in [2.45, 2.75) is 0 Å². The highest BCUT2D eigenvalue weighted by Crippen LogP contribution is 2.23. The summed E-state index contributed by atoms with van der Waals surface area (Å²) in [6.45, 7) is 3.73. The zero-order valence-electron chi connectivity index (χ0n) is 9.44. The molecular formula is C12H14N4. The van der Waals surface area contributed by atoms with E-state index in [0.29, 0.717) is 0 Å². The zero-order valence-corrected chi connectivity index (χ0v) is 9.44. The molecule has 0 radical (unpaired) electrons. The van der Waals surface area contributed by atoms with Gasteiger partial charge in [0.15, 0.2) is 0 Å². The van der Waals surface area contributed by atoms with Crippen LogP contribution in [0.5, 0.6) is 0 Å². The summed E-state index contributed by atoms with van der Waals surface area (Å²) in [5.74, 6) is 0. The van der Waals surface area contributed by atoms with Crippen molar-refractivity contribution in [1.29, 1.82) is 0 Å². The fourth-order valence-corrected chi connectivity index (χ4v) is 1.57. The minimum absolute atomic E-state index is 0.857. The lowest BCUT2D eigenvalue weighted by molar-refractivity contribution is 0.768. The van der Waals surface area contributed by atoms with Gasteiger partial charge in [-0.3, -0.25) is 9.67 Å². The maximum Gasteiger partial charge on any atom is 0.0855 e. The molecule has 16 heavy (non-hydrogen) atoms. The van der Waals surface area contributed by atoms with Gasteiger partial charge in [-0.15, -0.1) is 0 Å². The van der Waals surface area contributed by atoms with Crippen LogP contribution in [0.1, 0.15) is 5.69 Å². The minimum atomic E-state index is 0.857. The maximum absolute atomic E-state index is 4.34. The monoisotopic (exact) mass is 214 g/mol. The normalized spacial score (nSPS) is 10.1. The van der Waals surface area contributed by atoms with Gasteiger partial charge < -0.3 is 5.32 Å². The smallest absolute Gasteiger partial charge is 0.0855 e. The number of nitrogens with one attached hydrogen (secondary N) is 1. The topological polar surface area (TPSA) is 42.7 Å². The molecule has 0 amide bonds. The predicted octanol–water partition coefficient (Wildman–Crippen LogP) is 2.17. The van der Waals surface area contributed by atoms with E-state index in [1.54, 1.807) is 10.8 Å². The van der Waals surface area contributed by atoms with E-state index in [9.17, 15) is 0 Å². The second-order valence-corrected chi connectivity index (χ2v) is 3.51.